The van der Waals surface area contributed by atoms with Crippen LogP contribution < -0.4 is 0 Å². The Morgan fingerprint density at radius 1 is 0.297 bits per heavy atom. The minimum Gasteiger partial charge on any atom is -0.394 e. The van der Waals surface area contributed by atoms with E-state index in [0.717, 1.165) is 0 Å². The fourth-order valence-corrected chi connectivity index (χ4v) is 5.04. The molecule has 0 aromatic heterocycles. The van der Waals surface area contributed by atoms with E-state index in [2.05, 4.69) is 0 Å². The van der Waals surface area contributed by atoms with Gasteiger partial charge in [0.15, 0.2) is 12.6 Å². The summed E-state index contributed by atoms with van der Waals surface area (Å²) in [5.74, 6) is 0. The molecule has 2 fully saturated rings. The predicted molar refractivity (Wildman–Crippen MR) is 200 cm³/mol. The summed E-state index contributed by atoms with van der Waals surface area (Å²) in [6, 6.07) is 0. The Balaban J connectivity index is 0. The standard InChI is InChI=1S/2C12H24O11.C5H12O5.C4H10O4/c2*13-1-4(16)7(18)11(5(17)2-14)23-12-10(21)9(20)8(19)6(3-15)22-12;6-1-3(8)5(10)4(9)2-7;5-1-3(7)4(8)2-6/h2*4-21H,1-3H2;3-10H,1-2H2;3-8H,1-2H2/t4-,5+,6+,7+,8+,9-,10+,11+,12+;4-,5+,6+,7+,8-,9-,10+,11+,12-;3-,4+,5?;/m00../s1. The van der Waals surface area contributed by atoms with Crippen molar-refractivity contribution in [1.29, 1.82) is 0 Å². The molecule has 0 aliphatic carbocycles. The lowest BCUT2D eigenvalue weighted by Gasteiger charge is -2.42. The van der Waals surface area contributed by atoms with E-state index in [4.69, 9.17) is 95.5 Å². The molecule has 2 heterocycles. The molecule has 0 aromatic rings. The average molecular weight is 963 g/mol. The van der Waals surface area contributed by atoms with E-state index in [1.165, 1.54) is 0 Å². The lowest BCUT2D eigenvalue weighted by molar-refractivity contribution is -0.327. The average Bonchev–Trinajstić information content (AvgIpc) is 3.32. The van der Waals surface area contributed by atoms with E-state index in [9.17, 15) is 61.3 Å². The molecule has 64 heavy (non-hydrogen) atoms. The van der Waals surface area contributed by atoms with E-state index in [0.29, 0.717) is 0 Å². The minimum absolute atomic E-state index is 0.526. The number of aliphatic hydroxyl groups excluding tert-OH is 27. The van der Waals surface area contributed by atoms with Crippen molar-refractivity contribution in [2.75, 3.05) is 66.1 Å². The van der Waals surface area contributed by atoms with Gasteiger partial charge in [0.1, 0.15) is 128 Å². The summed E-state index contributed by atoms with van der Waals surface area (Å²) >= 11 is 0. The first-order valence-corrected chi connectivity index (χ1v) is 19.2. The van der Waals surface area contributed by atoms with Crippen molar-refractivity contribution in [2.45, 2.75) is 141 Å². The molecule has 0 amide bonds. The highest BCUT2D eigenvalue weighted by Gasteiger charge is 2.48. The predicted octanol–water partition coefficient (Wildman–Crippen LogP) is -16.8. The van der Waals surface area contributed by atoms with E-state index >= 15 is 0 Å². The van der Waals surface area contributed by atoms with E-state index < -0.39 is 207 Å². The Kier molecular flexibility index (Phi) is 34.6. The van der Waals surface area contributed by atoms with Gasteiger partial charge in [-0.2, -0.15) is 0 Å². The lowest BCUT2D eigenvalue weighted by atomic mass is 9.98. The van der Waals surface area contributed by atoms with E-state index in [1.807, 2.05) is 0 Å². The normalized spacial score (nSPS) is 32.1. The summed E-state index contributed by atoms with van der Waals surface area (Å²) in [5.41, 5.74) is 0. The molecule has 2 aliphatic heterocycles. The van der Waals surface area contributed by atoms with Gasteiger partial charge in [0.25, 0.3) is 0 Å². The maximum atomic E-state index is 9.83. The number of rotatable bonds is 23. The number of hydrogen-bond donors (Lipinski definition) is 27. The second-order valence-electron chi connectivity index (χ2n) is 14.1. The quantitative estimate of drug-likeness (QED) is 0.0452. The SMILES string of the molecule is OCC(O)C(O)CO.OC[C@@H](O)C(O)[C@@H](O)CO.OC[C@@H](O)[C@@H](O[C@@H]1O[C@H](CO)[C@H](O)[C@H](O)[C@H]1O)[C@H](O)[C@@H](O)CO.OC[C@@H](O)[C@@H](O[C@H]1O[C@H](CO)[C@@H](O)[C@H](O)[C@H]1O)[C@H](O)[C@@H](O)CO. The summed E-state index contributed by atoms with van der Waals surface area (Å²) in [6.07, 6.45) is -36.9. The van der Waals surface area contributed by atoms with Crippen LogP contribution in [-0.4, -0.2) is 345 Å². The van der Waals surface area contributed by atoms with Crippen LogP contribution in [0.3, 0.4) is 0 Å². The van der Waals surface area contributed by atoms with Crippen molar-refractivity contribution >= 4 is 0 Å². The lowest BCUT2D eigenvalue weighted by Crippen LogP contribution is -2.61. The third-order valence-electron chi connectivity index (χ3n) is 9.23. The molecule has 388 valence electrons. The van der Waals surface area contributed by atoms with Gasteiger partial charge in [-0.15, -0.1) is 0 Å². The number of ether oxygens (including phenoxy) is 4. The van der Waals surface area contributed by atoms with Crippen LogP contribution in [0.15, 0.2) is 0 Å². The monoisotopic (exact) mass is 962 g/mol. The summed E-state index contributed by atoms with van der Waals surface area (Å²) in [6.45, 7) is -7.24. The van der Waals surface area contributed by atoms with Gasteiger partial charge in [-0.1, -0.05) is 0 Å². The summed E-state index contributed by atoms with van der Waals surface area (Å²) < 4.78 is 20.3. The van der Waals surface area contributed by atoms with Gasteiger partial charge in [0.05, 0.1) is 66.1 Å². The van der Waals surface area contributed by atoms with Crippen molar-refractivity contribution in [3.8, 4) is 0 Å². The van der Waals surface area contributed by atoms with E-state index in [1.54, 1.807) is 0 Å². The van der Waals surface area contributed by atoms with Crippen LogP contribution in [-0.2, 0) is 18.9 Å². The fraction of sp³-hybridized carbons (Fsp3) is 1.00. The maximum Gasteiger partial charge on any atom is 0.187 e. The van der Waals surface area contributed by atoms with Gasteiger partial charge >= 0.3 is 0 Å². The third-order valence-corrected chi connectivity index (χ3v) is 9.23. The van der Waals surface area contributed by atoms with Gasteiger partial charge in [0, 0.05) is 0 Å². The van der Waals surface area contributed by atoms with Crippen LogP contribution in [0.2, 0.25) is 0 Å². The smallest absolute Gasteiger partial charge is 0.187 e. The Morgan fingerprint density at radius 2 is 0.531 bits per heavy atom. The molecule has 2 aliphatic rings. The third kappa shape index (κ3) is 20.5. The molecule has 23 atom stereocenters. The van der Waals surface area contributed by atoms with Gasteiger partial charge in [-0.25, -0.2) is 0 Å². The Morgan fingerprint density at radius 3 is 0.750 bits per heavy atom. The highest BCUT2D eigenvalue weighted by molar-refractivity contribution is 4.92. The first-order chi connectivity index (χ1) is 29.9. The highest BCUT2D eigenvalue weighted by atomic mass is 16.7. The Hall–Kier alpha value is -1.24. The van der Waals surface area contributed by atoms with Crippen LogP contribution >= 0.6 is 0 Å². The summed E-state index contributed by atoms with van der Waals surface area (Å²) in [5, 5.41) is 246. The molecule has 31 nitrogen and oxygen atoms in total. The van der Waals surface area contributed by atoms with Crippen molar-refractivity contribution < 1.29 is 157 Å². The van der Waals surface area contributed by atoms with Crippen molar-refractivity contribution in [3.63, 3.8) is 0 Å². The summed E-state index contributed by atoms with van der Waals surface area (Å²) in [7, 11) is 0. The van der Waals surface area contributed by atoms with Gasteiger partial charge in [0.2, 0.25) is 0 Å². The molecule has 0 radical (unpaired) electrons. The van der Waals surface area contributed by atoms with Crippen molar-refractivity contribution in [2.24, 2.45) is 0 Å². The van der Waals surface area contributed by atoms with Crippen LogP contribution in [0.1, 0.15) is 0 Å². The van der Waals surface area contributed by atoms with E-state index in [-0.39, 0.29) is 0 Å². The first-order valence-electron chi connectivity index (χ1n) is 19.2. The largest absolute Gasteiger partial charge is 0.394 e. The number of aliphatic hydroxyl groups is 27. The second kappa shape index (κ2) is 34.1. The zero-order valence-corrected chi connectivity index (χ0v) is 34.1. The molecule has 3 unspecified atom stereocenters. The van der Waals surface area contributed by atoms with Gasteiger partial charge < -0.3 is 157 Å². The fourth-order valence-electron chi connectivity index (χ4n) is 5.04. The van der Waals surface area contributed by atoms with Crippen molar-refractivity contribution in [1.82, 2.24) is 0 Å². The topological polar surface area (TPSA) is 583 Å². The Labute approximate surface area is 363 Å². The Bertz CT molecular complexity index is 1040. The molecule has 0 saturated carbocycles. The minimum atomic E-state index is -1.85. The molecule has 2 saturated heterocycles. The van der Waals surface area contributed by atoms with Crippen LogP contribution in [0, 0.1) is 0 Å². The molecule has 2 rings (SSSR count). The van der Waals surface area contributed by atoms with Gasteiger partial charge in [-0.05, 0) is 0 Å². The number of hydrogen-bond acceptors (Lipinski definition) is 31. The van der Waals surface area contributed by atoms with Crippen LogP contribution in [0.4, 0.5) is 0 Å². The molecular weight excluding hydrogens is 892 g/mol. The zero-order chi connectivity index (χ0) is 50.2. The molecular formula is C33H70O31. The second-order valence-corrected chi connectivity index (χ2v) is 14.1. The van der Waals surface area contributed by atoms with Gasteiger partial charge in [-0.3, -0.25) is 0 Å². The van der Waals surface area contributed by atoms with Crippen LogP contribution in [0.25, 0.3) is 0 Å². The zero-order valence-electron chi connectivity index (χ0n) is 34.1. The summed E-state index contributed by atoms with van der Waals surface area (Å²) in [4.78, 5) is 0. The van der Waals surface area contributed by atoms with Crippen molar-refractivity contribution in [3.05, 3.63) is 0 Å². The molecule has 0 spiro atoms. The molecule has 31 heteroatoms. The first kappa shape index (κ1) is 64.8. The maximum absolute atomic E-state index is 9.83. The molecule has 0 aromatic carbocycles. The highest BCUT2D eigenvalue weighted by Crippen LogP contribution is 2.26. The molecule has 27 N–H and O–H groups in total. The van der Waals surface area contributed by atoms with Crippen LogP contribution in [0.5, 0.6) is 0 Å². The molecule has 0 bridgehead atoms.